The van der Waals surface area contributed by atoms with Crippen molar-refractivity contribution in [3.05, 3.63) is 77.4 Å². The quantitative estimate of drug-likeness (QED) is 0.452. The molecule has 0 radical (unpaired) electrons. The third-order valence-electron chi connectivity index (χ3n) is 4.86. The van der Waals surface area contributed by atoms with Gasteiger partial charge in [-0.15, -0.1) is 0 Å². The van der Waals surface area contributed by atoms with Gasteiger partial charge in [-0.05, 0) is 48.9 Å². The summed E-state index contributed by atoms with van der Waals surface area (Å²) in [6.07, 6.45) is 1.80. The summed E-state index contributed by atoms with van der Waals surface area (Å²) in [6, 6.07) is 18.3. The van der Waals surface area contributed by atoms with Gasteiger partial charge in [0.2, 0.25) is 11.7 Å². The van der Waals surface area contributed by atoms with Crippen LogP contribution in [0.2, 0.25) is 5.02 Å². The number of ether oxygens (including phenoxy) is 1. The standard InChI is InChI=1S/C23H21ClN4O3/c1-15(16-8-10-19(30-2)11-9-16)25-21(29)14-28-12-4-7-20(28)23-26-22(27-31-23)17-5-3-6-18(24)13-17/h3-13,15H,14H2,1-2H3,(H,25,29). The molecule has 8 heteroatoms. The van der Waals surface area contributed by atoms with Crippen molar-refractivity contribution in [2.45, 2.75) is 19.5 Å². The van der Waals surface area contributed by atoms with Crippen LogP contribution >= 0.6 is 11.6 Å². The molecule has 0 saturated heterocycles. The molecule has 2 heterocycles. The predicted molar refractivity (Wildman–Crippen MR) is 118 cm³/mol. The number of aromatic nitrogens is 3. The Kier molecular flexibility index (Phi) is 6.04. The fraction of sp³-hybridized carbons (Fsp3) is 0.174. The molecule has 0 saturated carbocycles. The number of carbonyl (C=O) groups is 1. The van der Waals surface area contributed by atoms with E-state index < -0.39 is 0 Å². The lowest BCUT2D eigenvalue weighted by atomic mass is 10.1. The molecule has 1 N–H and O–H groups in total. The van der Waals surface area contributed by atoms with Crippen molar-refractivity contribution in [3.8, 4) is 28.7 Å². The smallest absolute Gasteiger partial charge is 0.274 e. The second-order valence-electron chi connectivity index (χ2n) is 7.02. The topological polar surface area (TPSA) is 82.2 Å². The number of nitrogens with zero attached hydrogens (tertiary/aromatic N) is 3. The Hall–Kier alpha value is -3.58. The average molecular weight is 437 g/mol. The first kappa shape index (κ1) is 20.7. The van der Waals surface area contributed by atoms with Crippen LogP contribution in [-0.2, 0) is 11.3 Å². The maximum absolute atomic E-state index is 12.6. The van der Waals surface area contributed by atoms with E-state index >= 15 is 0 Å². The summed E-state index contributed by atoms with van der Waals surface area (Å²) in [4.78, 5) is 17.1. The number of halogens is 1. The Labute approximate surface area is 184 Å². The molecule has 0 aliphatic carbocycles. The lowest BCUT2D eigenvalue weighted by Crippen LogP contribution is -2.30. The summed E-state index contributed by atoms with van der Waals surface area (Å²) in [5.41, 5.74) is 2.41. The Morgan fingerprint density at radius 3 is 2.74 bits per heavy atom. The van der Waals surface area contributed by atoms with E-state index in [1.807, 2.05) is 55.5 Å². The second kappa shape index (κ2) is 9.06. The first-order valence-electron chi connectivity index (χ1n) is 9.72. The molecular weight excluding hydrogens is 416 g/mol. The minimum absolute atomic E-state index is 0.123. The van der Waals surface area contributed by atoms with E-state index in [1.54, 1.807) is 30.0 Å². The van der Waals surface area contributed by atoms with Gasteiger partial charge in [0, 0.05) is 16.8 Å². The monoisotopic (exact) mass is 436 g/mol. The molecule has 1 amide bonds. The van der Waals surface area contributed by atoms with Gasteiger partial charge in [0.05, 0.1) is 13.2 Å². The summed E-state index contributed by atoms with van der Waals surface area (Å²) in [6.45, 7) is 2.06. The molecule has 0 bridgehead atoms. The van der Waals surface area contributed by atoms with Crippen molar-refractivity contribution in [2.24, 2.45) is 0 Å². The first-order valence-corrected chi connectivity index (χ1v) is 10.1. The molecule has 4 rings (SSSR count). The largest absolute Gasteiger partial charge is 0.497 e. The first-order chi connectivity index (χ1) is 15.0. The van der Waals surface area contributed by atoms with Gasteiger partial charge in [0.1, 0.15) is 18.0 Å². The van der Waals surface area contributed by atoms with Crippen LogP contribution in [0, 0.1) is 0 Å². The molecule has 0 spiro atoms. The Morgan fingerprint density at radius 1 is 1.19 bits per heavy atom. The summed E-state index contributed by atoms with van der Waals surface area (Å²) < 4.78 is 12.4. The Bertz CT molecular complexity index is 1180. The Morgan fingerprint density at radius 2 is 2.00 bits per heavy atom. The number of amides is 1. The second-order valence-corrected chi connectivity index (χ2v) is 7.45. The minimum atomic E-state index is -0.143. The van der Waals surface area contributed by atoms with Crippen LogP contribution < -0.4 is 10.1 Å². The van der Waals surface area contributed by atoms with Crippen molar-refractivity contribution in [1.82, 2.24) is 20.0 Å². The van der Waals surface area contributed by atoms with E-state index in [0.29, 0.717) is 22.4 Å². The van der Waals surface area contributed by atoms with Gasteiger partial charge >= 0.3 is 0 Å². The normalized spacial score (nSPS) is 11.8. The maximum Gasteiger partial charge on any atom is 0.274 e. The molecule has 158 valence electrons. The zero-order valence-corrected chi connectivity index (χ0v) is 17.8. The summed E-state index contributed by atoms with van der Waals surface area (Å²) in [5.74, 6) is 1.41. The van der Waals surface area contributed by atoms with Crippen LogP contribution in [0.1, 0.15) is 18.5 Å². The van der Waals surface area contributed by atoms with Gasteiger partial charge in [-0.2, -0.15) is 4.98 Å². The van der Waals surface area contributed by atoms with Crippen molar-refractivity contribution >= 4 is 17.5 Å². The number of benzene rings is 2. The van der Waals surface area contributed by atoms with E-state index in [-0.39, 0.29) is 18.5 Å². The van der Waals surface area contributed by atoms with Crippen LogP contribution in [0.4, 0.5) is 0 Å². The summed E-state index contributed by atoms with van der Waals surface area (Å²) in [7, 11) is 1.62. The average Bonchev–Trinajstić information content (AvgIpc) is 3.43. The lowest BCUT2D eigenvalue weighted by molar-refractivity contribution is -0.122. The fourth-order valence-corrected chi connectivity index (χ4v) is 3.43. The van der Waals surface area contributed by atoms with Gasteiger partial charge in [-0.3, -0.25) is 4.79 Å². The third kappa shape index (κ3) is 4.78. The van der Waals surface area contributed by atoms with E-state index in [9.17, 15) is 4.79 Å². The lowest BCUT2D eigenvalue weighted by Gasteiger charge is -2.15. The highest BCUT2D eigenvalue weighted by atomic mass is 35.5. The van der Waals surface area contributed by atoms with Gasteiger partial charge in [-0.1, -0.05) is 41.0 Å². The van der Waals surface area contributed by atoms with E-state index in [0.717, 1.165) is 16.9 Å². The van der Waals surface area contributed by atoms with Crippen LogP contribution in [0.15, 0.2) is 71.4 Å². The fourth-order valence-electron chi connectivity index (χ4n) is 3.24. The molecule has 0 fully saturated rings. The molecule has 31 heavy (non-hydrogen) atoms. The zero-order valence-electron chi connectivity index (χ0n) is 17.1. The van der Waals surface area contributed by atoms with E-state index in [2.05, 4.69) is 15.5 Å². The molecule has 1 unspecified atom stereocenters. The van der Waals surface area contributed by atoms with E-state index in [1.165, 1.54) is 0 Å². The molecule has 0 aliphatic heterocycles. The predicted octanol–water partition coefficient (Wildman–Crippen LogP) is 4.74. The highest BCUT2D eigenvalue weighted by Gasteiger charge is 2.17. The number of rotatable bonds is 7. The van der Waals surface area contributed by atoms with Gasteiger partial charge in [0.25, 0.3) is 5.89 Å². The summed E-state index contributed by atoms with van der Waals surface area (Å²) in [5, 5.41) is 7.64. The van der Waals surface area contributed by atoms with Crippen molar-refractivity contribution in [3.63, 3.8) is 0 Å². The van der Waals surface area contributed by atoms with Crippen molar-refractivity contribution in [2.75, 3.05) is 7.11 Å². The number of hydrogen-bond acceptors (Lipinski definition) is 5. The highest BCUT2D eigenvalue weighted by molar-refractivity contribution is 6.30. The SMILES string of the molecule is COc1ccc(C(C)NC(=O)Cn2cccc2-c2nc(-c3cccc(Cl)c3)no2)cc1. The van der Waals surface area contributed by atoms with Gasteiger partial charge < -0.3 is 19.1 Å². The molecular formula is C23H21ClN4O3. The van der Waals surface area contributed by atoms with Crippen LogP contribution in [0.25, 0.3) is 23.0 Å². The molecule has 0 aliphatic rings. The summed E-state index contributed by atoms with van der Waals surface area (Å²) >= 11 is 6.04. The van der Waals surface area contributed by atoms with Crippen LogP contribution in [0.5, 0.6) is 5.75 Å². The highest BCUT2D eigenvalue weighted by Crippen LogP contribution is 2.24. The number of hydrogen-bond donors (Lipinski definition) is 1. The minimum Gasteiger partial charge on any atom is -0.497 e. The third-order valence-corrected chi connectivity index (χ3v) is 5.10. The molecule has 7 nitrogen and oxygen atoms in total. The van der Waals surface area contributed by atoms with Crippen molar-refractivity contribution in [1.29, 1.82) is 0 Å². The molecule has 1 atom stereocenters. The van der Waals surface area contributed by atoms with Gasteiger partial charge in [-0.25, -0.2) is 0 Å². The number of nitrogens with one attached hydrogen (secondary N) is 1. The molecule has 2 aromatic heterocycles. The van der Waals surface area contributed by atoms with Crippen LogP contribution in [-0.4, -0.2) is 27.7 Å². The zero-order chi connectivity index (χ0) is 21.8. The maximum atomic E-state index is 12.6. The molecule has 2 aromatic carbocycles. The van der Waals surface area contributed by atoms with Crippen molar-refractivity contribution < 1.29 is 14.1 Å². The molecule has 4 aromatic rings. The van der Waals surface area contributed by atoms with Crippen LogP contribution in [0.3, 0.4) is 0 Å². The number of methoxy groups -OCH3 is 1. The number of carbonyl (C=O) groups excluding carboxylic acids is 1. The Balaban J connectivity index is 1.45. The van der Waals surface area contributed by atoms with E-state index in [4.69, 9.17) is 20.9 Å². The van der Waals surface area contributed by atoms with Gasteiger partial charge in [0.15, 0.2) is 0 Å².